The van der Waals surface area contributed by atoms with Gasteiger partial charge in [-0.1, -0.05) is 34.6 Å². The van der Waals surface area contributed by atoms with E-state index in [0.717, 1.165) is 32.1 Å². The van der Waals surface area contributed by atoms with Crippen molar-refractivity contribution in [2.45, 2.75) is 136 Å². The van der Waals surface area contributed by atoms with Crippen molar-refractivity contribution in [3.63, 3.8) is 0 Å². The molecule has 0 aromatic heterocycles. The number of ether oxygens (including phenoxy) is 2. The van der Waals surface area contributed by atoms with Crippen molar-refractivity contribution < 1.29 is 29.6 Å². The van der Waals surface area contributed by atoms with Crippen LogP contribution in [0.5, 0.6) is 0 Å². The number of aliphatic hydroxyl groups excluding tert-OH is 2. The molecular weight excluding hydrogens is 494 g/mol. The van der Waals surface area contributed by atoms with Crippen LogP contribution in [0.25, 0.3) is 0 Å². The quantitative estimate of drug-likeness (QED) is 0.410. The molecule has 13 atom stereocenters. The maximum Gasteiger partial charge on any atom is 0.407 e. The van der Waals surface area contributed by atoms with E-state index in [1.54, 1.807) is 13.8 Å². The lowest BCUT2D eigenvalue weighted by molar-refractivity contribution is -0.202. The number of carbonyl (C=O) groups is 1. The fraction of sp³-hybridized carbons (Fsp3) is 0.969. The summed E-state index contributed by atoms with van der Waals surface area (Å²) < 4.78 is 12.5. The third-order valence-electron chi connectivity index (χ3n) is 14.3. The molecule has 1 amide bonds. The molecule has 7 nitrogen and oxygen atoms in total. The molecule has 0 aromatic rings. The number of hydrogen-bond acceptors (Lipinski definition) is 6. The zero-order valence-electron chi connectivity index (χ0n) is 25.4. The highest BCUT2D eigenvalue weighted by Crippen LogP contribution is 2.89. The summed E-state index contributed by atoms with van der Waals surface area (Å²) in [5.41, 5.74) is -1.10. The minimum absolute atomic E-state index is 0.0520. The van der Waals surface area contributed by atoms with Crippen molar-refractivity contribution in [3.05, 3.63) is 0 Å². The Bertz CT molecular complexity index is 1020. The Labute approximate surface area is 234 Å². The average Bonchev–Trinajstić information content (AvgIpc) is 3.49. The summed E-state index contributed by atoms with van der Waals surface area (Å²) in [6, 6.07) is 0. The standard InChI is InChI=1S/C32H53NO6/c1-17-15-18(25(28(4,5)37)39-26(36)33-8)38-23-22(17)29(6)13-14-32-16-31(32)12-11-21(34)27(2,3)19(31)9-10-20(32)30(29,7)24(23)35/h17-25,34-35,37H,9-16H2,1-8H3,(H,33,36)/t17-,18-,19+,20+,21+,22+,23+,24+,25+,29-,30-,31-,32+/m1/s1. The van der Waals surface area contributed by atoms with Gasteiger partial charge in [0.05, 0.1) is 30.0 Å². The SMILES string of the molecule is CNC(=O)O[C@@H]([C@H]1C[C@@H](C)[C@H]2[C@H](O1)[C@H](O)[C@@]1(C)[C@@H]3CC[C@H]4C(C)(C)[C@@H](O)CC[C@@]45C[C@@]35CC[C@]21C)C(C)(C)O. The number of rotatable bonds is 3. The molecule has 5 saturated carbocycles. The summed E-state index contributed by atoms with van der Waals surface area (Å²) in [6.45, 7) is 15.0. The molecule has 222 valence electrons. The zero-order chi connectivity index (χ0) is 28.6. The Kier molecular flexibility index (Phi) is 6.05. The second kappa shape index (κ2) is 8.35. The van der Waals surface area contributed by atoms with E-state index in [0.29, 0.717) is 23.7 Å². The summed E-state index contributed by atoms with van der Waals surface area (Å²) in [6.07, 6.45) is 5.40. The van der Waals surface area contributed by atoms with Crippen LogP contribution in [-0.2, 0) is 9.47 Å². The van der Waals surface area contributed by atoms with E-state index >= 15 is 0 Å². The minimum Gasteiger partial charge on any atom is -0.440 e. The lowest BCUT2D eigenvalue weighted by Gasteiger charge is -2.63. The van der Waals surface area contributed by atoms with Crippen LogP contribution in [-0.4, -0.2) is 64.6 Å². The lowest BCUT2D eigenvalue weighted by atomic mass is 9.41. The third-order valence-corrected chi connectivity index (χ3v) is 14.3. The van der Waals surface area contributed by atoms with Gasteiger partial charge >= 0.3 is 6.09 Å². The molecule has 2 spiro atoms. The van der Waals surface area contributed by atoms with Crippen molar-refractivity contribution in [3.8, 4) is 0 Å². The van der Waals surface area contributed by atoms with E-state index in [4.69, 9.17) is 9.47 Å². The maximum atomic E-state index is 12.4. The molecule has 39 heavy (non-hydrogen) atoms. The Hall–Kier alpha value is -0.890. The number of amides is 1. The van der Waals surface area contributed by atoms with Crippen molar-refractivity contribution in [1.82, 2.24) is 5.32 Å². The number of aliphatic hydroxyl groups is 3. The summed E-state index contributed by atoms with van der Waals surface area (Å²) in [5, 5.41) is 36.8. The van der Waals surface area contributed by atoms with E-state index < -0.39 is 30.0 Å². The smallest absolute Gasteiger partial charge is 0.407 e. The number of carbonyl (C=O) groups excluding carboxylic acids is 1. The first-order chi connectivity index (χ1) is 18.0. The van der Waals surface area contributed by atoms with Crippen LogP contribution in [0.2, 0.25) is 0 Å². The van der Waals surface area contributed by atoms with E-state index in [-0.39, 0.29) is 45.7 Å². The number of alkyl carbamates (subject to hydrolysis) is 1. The highest BCUT2D eigenvalue weighted by molar-refractivity contribution is 5.67. The first-order valence-corrected chi connectivity index (χ1v) is 15.6. The second-order valence-electron chi connectivity index (χ2n) is 16.3. The first kappa shape index (κ1) is 28.2. The third kappa shape index (κ3) is 3.34. The molecule has 0 radical (unpaired) electrons. The van der Waals surface area contributed by atoms with Crippen molar-refractivity contribution in [2.75, 3.05) is 7.05 Å². The molecule has 1 heterocycles. The molecule has 1 saturated heterocycles. The van der Waals surface area contributed by atoms with Gasteiger partial charge in [0, 0.05) is 12.5 Å². The van der Waals surface area contributed by atoms with Gasteiger partial charge in [0.15, 0.2) is 6.10 Å². The van der Waals surface area contributed by atoms with Gasteiger partial charge in [-0.05, 0) is 111 Å². The summed E-state index contributed by atoms with van der Waals surface area (Å²) in [4.78, 5) is 12.2. The topological polar surface area (TPSA) is 108 Å². The molecule has 0 bridgehead atoms. The second-order valence-corrected chi connectivity index (χ2v) is 16.3. The van der Waals surface area contributed by atoms with Crippen LogP contribution >= 0.6 is 0 Å². The van der Waals surface area contributed by atoms with Gasteiger partial charge in [-0.2, -0.15) is 0 Å². The van der Waals surface area contributed by atoms with Gasteiger partial charge in [0.1, 0.15) is 0 Å². The van der Waals surface area contributed by atoms with Gasteiger partial charge in [-0.15, -0.1) is 0 Å². The lowest BCUT2D eigenvalue weighted by Crippen LogP contribution is -2.59. The molecule has 6 aliphatic rings. The van der Waals surface area contributed by atoms with Gasteiger partial charge in [-0.3, -0.25) is 0 Å². The summed E-state index contributed by atoms with van der Waals surface area (Å²) >= 11 is 0. The summed E-state index contributed by atoms with van der Waals surface area (Å²) in [7, 11) is 1.51. The fourth-order valence-electron chi connectivity index (χ4n) is 12.4. The van der Waals surface area contributed by atoms with E-state index in [1.807, 2.05) is 0 Å². The van der Waals surface area contributed by atoms with Gasteiger partial charge in [-0.25, -0.2) is 4.79 Å². The Morgan fingerprint density at radius 3 is 2.31 bits per heavy atom. The largest absolute Gasteiger partial charge is 0.440 e. The van der Waals surface area contributed by atoms with Gasteiger partial charge in [0.25, 0.3) is 0 Å². The van der Waals surface area contributed by atoms with Crippen molar-refractivity contribution >= 4 is 6.09 Å². The van der Waals surface area contributed by atoms with Crippen LogP contribution in [0, 0.1) is 50.7 Å². The molecular formula is C32H53NO6. The maximum absolute atomic E-state index is 12.4. The highest BCUT2D eigenvalue weighted by atomic mass is 16.6. The highest BCUT2D eigenvalue weighted by Gasteiger charge is 2.84. The molecule has 0 aromatic carbocycles. The molecule has 6 fully saturated rings. The fourth-order valence-corrected chi connectivity index (χ4v) is 12.4. The molecule has 4 N–H and O–H groups in total. The summed E-state index contributed by atoms with van der Waals surface area (Å²) in [5.74, 6) is 1.46. The Morgan fingerprint density at radius 2 is 1.67 bits per heavy atom. The monoisotopic (exact) mass is 547 g/mol. The number of fused-ring (bicyclic) bond motifs is 4. The van der Waals surface area contributed by atoms with Crippen LogP contribution < -0.4 is 5.32 Å². The molecule has 6 rings (SSSR count). The Balaban J connectivity index is 1.34. The van der Waals surface area contributed by atoms with Gasteiger partial charge in [0.2, 0.25) is 0 Å². The Morgan fingerprint density at radius 1 is 1.03 bits per heavy atom. The van der Waals surface area contributed by atoms with E-state index in [1.165, 1.54) is 19.9 Å². The van der Waals surface area contributed by atoms with Crippen LogP contribution in [0.15, 0.2) is 0 Å². The number of hydrogen-bond donors (Lipinski definition) is 4. The predicted octanol–water partition coefficient (Wildman–Crippen LogP) is 4.66. The zero-order valence-corrected chi connectivity index (χ0v) is 25.4. The predicted molar refractivity (Wildman–Crippen MR) is 148 cm³/mol. The van der Waals surface area contributed by atoms with Crippen molar-refractivity contribution in [1.29, 1.82) is 0 Å². The van der Waals surface area contributed by atoms with Crippen LogP contribution in [0.3, 0.4) is 0 Å². The molecule has 0 unspecified atom stereocenters. The van der Waals surface area contributed by atoms with Crippen LogP contribution in [0.4, 0.5) is 4.79 Å². The minimum atomic E-state index is -1.28. The van der Waals surface area contributed by atoms with Gasteiger partial charge < -0.3 is 30.1 Å². The average molecular weight is 548 g/mol. The first-order valence-electron chi connectivity index (χ1n) is 15.6. The molecule has 5 aliphatic carbocycles. The van der Waals surface area contributed by atoms with E-state index in [9.17, 15) is 20.1 Å². The van der Waals surface area contributed by atoms with E-state index in [2.05, 4.69) is 39.9 Å². The molecule has 1 aliphatic heterocycles. The van der Waals surface area contributed by atoms with Crippen molar-refractivity contribution in [2.24, 2.45) is 50.7 Å². The number of nitrogens with one attached hydrogen (secondary N) is 1. The van der Waals surface area contributed by atoms with Crippen LogP contribution in [0.1, 0.15) is 99.8 Å². The normalized spacial score (nSPS) is 54.2. The molecule has 7 heteroatoms.